The number of ether oxygens (including phenoxy) is 1. The summed E-state index contributed by atoms with van der Waals surface area (Å²) in [4.78, 5) is 37.8. The van der Waals surface area contributed by atoms with Crippen molar-refractivity contribution >= 4 is 45.1 Å². The monoisotopic (exact) mass is 499 g/mol. The lowest BCUT2D eigenvalue weighted by Crippen LogP contribution is -2.39. The van der Waals surface area contributed by atoms with Crippen molar-refractivity contribution in [1.82, 2.24) is 25.1 Å². The van der Waals surface area contributed by atoms with E-state index in [-0.39, 0.29) is 31.1 Å². The van der Waals surface area contributed by atoms with Crippen LogP contribution in [0, 0.1) is 6.92 Å². The number of aromatic nitrogens is 2. The summed E-state index contributed by atoms with van der Waals surface area (Å²) in [5.74, 6) is -0.176. The van der Waals surface area contributed by atoms with E-state index in [1.807, 2.05) is 25.1 Å². The van der Waals surface area contributed by atoms with Crippen molar-refractivity contribution in [3.63, 3.8) is 0 Å². The van der Waals surface area contributed by atoms with Crippen LogP contribution in [0.5, 0.6) is 0 Å². The van der Waals surface area contributed by atoms with Crippen molar-refractivity contribution in [2.45, 2.75) is 32.9 Å². The van der Waals surface area contributed by atoms with Crippen LogP contribution in [-0.2, 0) is 22.5 Å². The molecular formula is C24H26ClN5O3S. The maximum absolute atomic E-state index is 12.5. The summed E-state index contributed by atoms with van der Waals surface area (Å²) < 4.78 is 6.87. The third-order valence-corrected chi connectivity index (χ3v) is 7.65. The second-order valence-electron chi connectivity index (χ2n) is 8.58. The highest BCUT2D eigenvalue weighted by molar-refractivity contribution is 7.19. The predicted molar refractivity (Wildman–Crippen MR) is 132 cm³/mol. The van der Waals surface area contributed by atoms with Gasteiger partial charge in [-0.1, -0.05) is 11.6 Å². The quantitative estimate of drug-likeness (QED) is 0.521. The zero-order valence-corrected chi connectivity index (χ0v) is 20.7. The van der Waals surface area contributed by atoms with E-state index in [0.29, 0.717) is 18.2 Å². The Labute approximate surface area is 206 Å². The van der Waals surface area contributed by atoms with Crippen molar-refractivity contribution < 1.29 is 14.3 Å². The first-order valence-corrected chi connectivity index (χ1v) is 12.6. The number of thiophene rings is 1. The number of halogens is 1. The minimum Gasteiger partial charge on any atom is -0.375 e. The molecule has 2 aliphatic rings. The van der Waals surface area contributed by atoms with Crippen LogP contribution >= 0.6 is 22.9 Å². The molecule has 2 fully saturated rings. The normalized spacial score (nSPS) is 19.0. The Morgan fingerprint density at radius 2 is 2.12 bits per heavy atom. The molecule has 0 saturated carbocycles. The highest BCUT2D eigenvalue weighted by Crippen LogP contribution is 2.37. The van der Waals surface area contributed by atoms with Crippen LogP contribution < -0.4 is 5.32 Å². The summed E-state index contributed by atoms with van der Waals surface area (Å²) in [6.45, 7) is 7.18. The number of imide groups is 1. The van der Waals surface area contributed by atoms with Gasteiger partial charge in [0.05, 0.1) is 35.2 Å². The van der Waals surface area contributed by atoms with Gasteiger partial charge in [0.15, 0.2) is 0 Å². The average Bonchev–Trinajstić information content (AvgIpc) is 3.36. The molecule has 178 valence electrons. The second-order valence-corrected chi connectivity index (χ2v) is 10.1. The Hall–Kier alpha value is -2.59. The zero-order chi connectivity index (χ0) is 23.8. The summed E-state index contributed by atoms with van der Waals surface area (Å²) >= 11 is 7.98. The minimum absolute atomic E-state index is 0.0808. The van der Waals surface area contributed by atoms with E-state index < -0.39 is 0 Å². The number of carbonyl (C=O) groups is 2. The molecule has 0 spiro atoms. The maximum atomic E-state index is 12.5. The van der Waals surface area contributed by atoms with Crippen LogP contribution in [0.2, 0.25) is 5.02 Å². The lowest BCUT2D eigenvalue weighted by Gasteiger charge is -2.25. The average molecular weight is 500 g/mol. The van der Waals surface area contributed by atoms with E-state index in [9.17, 15) is 9.59 Å². The van der Waals surface area contributed by atoms with Crippen molar-refractivity contribution in [2.75, 3.05) is 32.8 Å². The van der Waals surface area contributed by atoms with Gasteiger partial charge in [0, 0.05) is 41.5 Å². The number of aryl methyl sites for hydroxylation is 1. The first-order valence-electron chi connectivity index (χ1n) is 11.4. The number of hydrogen-bond acceptors (Lipinski definition) is 7. The maximum Gasteiger partial charge on any atom is 0.327 e. The van der Waals surface area contributed by atoms with Crippen molar-refractivity contribution in [3.05, 3.63) is 45.6 Å². The highest BCUT2D eigenvalue weighted by Gasteiger charge is 2.35. The minimum atomic E-state index is -0.245. The molecular weight excluding hydrogens is 474 g/mol. The van der Waals surface area contributed by atoms with E-state index in [1.165, 1.54) is 16.2 Å². The number of likely N-dealkylation sites (N-methyl/N-ethyl adjacent to an activating group) is 1. The Balaban J connectivity index is 1.52. The molecule has 0 bridgehead atoms. The molecule has 0 radical (unpaired) electrons. The molecule has 2 saturated heterocycles. The van der Waals surface area contributed by atoms with E-state index in [4.69, 9.17) is 16.3 Å². The van der Waals surface area contributed by atoms with Crippen LogP contribution in [0.15, 0.2) is 24.5 Å². The SMILES string of the molecule is CCN1CC(=O)N(Cc2cc3ncnc(-c4cc(Cl)cc(C)c4CC4CNCCO4)c3s2)C1=O. The first kappa shape index (κ1) is 23.2. The van der Waals surface area contributed by atoms with Gasteiger partial charge < -0.3 is 15.0 Å². The lowest BCUT2D eigenvalue weighted by molar-refractivity contribution is -0.125. The van der Waals surface area contributed by atoms with Crippen molar-refractivity contribution in [3.8, 4) is 11.3 Å². The zero-order valence-electron chi connectivity index (χ0n) is 19.1. The summed E-state index contributed by atoms with van der Waals surface area (Å²) in [6.07, 6.45) is 2.38. The van der Waals surface area contributed by atoms with Gasteiger partial charge >= 0.3 is 6.03 Å². The number of hydrogen-bond donors (Lipinski definition) is 1. The molecule has 10 heteroatoms. The van der Waals surface area contributed by atoms with E-state index in [0.717, 1.165) is 57.0 Å². The van der Waals surface area contributed by atoms with Crippen LogP contribution in [-0.4, -0.2) is 70.6 Å². The number of carbonyl (C=O) groups excluding carboxylic acids is 2. The van der Waals surface area contributed by atoms with Crippen molar-refractivity contribution in [2.24, 2.45) is 0 Å². The fourth-order valence-electron chi connectivity index (χ4n) is 4.56. The number of nitrogens with one attached hydrogen (secondary N) is 1. The van der Waals surface area contributed by atoms with E-state index in [1.54, 1.807) is 11.2 Å². The molecule has 5 rings (SSSR count). The first-order chi connectivity index (χ1) is 16.4. The molecule has 3 amide bonds. The van der Waals surface area contributed by atoms with E-state index >= 15 is 0 Å². The van der Waals surface area contributed by atoms with Gasteiger partial charge in [-0.25, -0.2) is 14.8 Å². The number of morpholine rings is 1. The standard InChI is InChI=1S/C24H26ClN5O3S/c1-3-29-12-21(31)30(24(29)32)11-17-9-20-23(34-17)22(28-13-27-20)19-7-15(25)6-14(2)18(19)8-16-10-26-4-5-33-16/h6-7,9,13,16,26H,3-5,8,10-12H2,1-2H3. The number of amides is 3. The number of nitrogens with zero attached hydrogens (tertiary/aromatic N) is 4. The Morgan fingerprint density at radius 1 is 1.26 bits per heavy atom. The third-order valence-electron chi connectivity index (χ3n) is 6.32. The molecule has 4 heterocycles. The van der Waals surface area contributed by atoms with Crippen LogP contribution in [0.3, 0.4) is 0 Å². The molecule has 1 aromatic carbocycles. The molecule has 1 N–H and O–H groups in total. The number of benzene rings is 1. The van der Waals surface area contributed by atoms with Gasteiger partial charge in [-0.05, 0) is 43.2 Å². The number of rotatable bonds is 6. The predicted octanol–water partition coefficient (Wildman–Crippen LogP) is 3.64. The summed E-state index contributed by atoms with van der Waals surface area (Å²) in [6, 6.07) is 5.61. The third kappa shape index (κ3) is 4.40. The van der Waals surface area contributed by atoms with Gasteiger partial charge in [0.25, 0.3) is 5.91 Å². The molecule has 34 heavy (non-hydrogen) atoms. The molecule has 2 aliphatic heterocycles. The van der Waals surface area contributed by atoms with Crippen LogP contribution in [0.25, 0.3) is 21.5 Å². The van der Waals surface area contributed by atoms with Crippen LogP contribution in [0.1, 0.15) is 22.9 Å². The van der Waals surface area contributed by atoms with Gasteiger partial charge in [0.1, 0.15) is 12.9 Å². The number of urea groups is 1. The molecule has 8 nitrogen and oxygen atoms in total. The lowest BCUT2D eigenvalue weighted by atomic mass is 9.94. The summed E-state index contributed by atoms with van der Waals surface area (Å²) in [5.41, 5.74) is 4.80. The Kier molecular flexibility index (Phi) is 6.52. The highest BCUT2D eigenvalue weighted by atomic mass is 35.5. The van der Waals surface area contributed by atoms with Gasteiger partial charge in [-0.15, -0.1) is 11.3 Å². The fourth-order valence-corrected chi connectivity index (χ4v) is 5.93. The van der Waals surface area contributed by atoms with Gasteiger partial charge in [0.2, 0.25) is 0 Å². The smallest absolute Gasteiger partial charge is 0.327 e. The fraction of sp³-hybridized carbons (Fsp3) is 0.417. The Morgan fingerprint density at radius 3 is 2.85 bits per heavy atom. The van der Waals surface area contributed by atoms with Gasteiger partial charge in [-0.3, -0.25) is 9.69 Å². The topological polar surface area (TPSA) is 87.7 Å². The summed E-state index contributed by atoms with van der Waals surface area (Å²) in [7, 11) is 0. The second kappa shape index (κ2) is 9.58. The van der Waals surface area contributed by atoms with Crippen molar-refractivity contribution in [1.29, 1.82) is 0 Å². The van der Waals surface area contributed by atoms with E-state index in [2.05, 4.69) is 22.2 Å². The molecule has 1 unspecified atom stereocenters. The molecule has 1 atom stereocenters. The van der Waals surface area contributed by atoms with Gasteiger partial charge in [-0.2, -0.15) is 0 Å². The molecule has 0 aliphatic carbocycles. The summed E-state index contributed by atoms with van der Waals surface area (Å²) in [5, 5.41) is 4.04. The number of fused-ring (bicyclic) bond motifs is 1. The molecule has 3 aromatic rings. The van der Waals surface area contributed by atoms with Crippen LogP contribution in [0.4, 0.5) is 4.79 Å². The molecule has 2 aromatic heterocycles. The Bertz CT molecular complexity index is 1260. The largest absolute Gasteiger partial charge is 0.375 e.